The number of nitro groups is 1. The Hall–Kier alpha value is -2.64. The number of hydrogen-bond donors (Lipinski definition) is 3. The summed E-state index contributed by atoms with van der Waals surface area (Å²) < 4.78 is 0. The predicted molar refractivity (Wildman–Crippen MR) is 87.9 cm³/mol. The Labute approximate surface area is 134 Å². The second-order valence-corrected chi connectivity index (χ2v) is 5.78. The fourth-order valence-electron chi connectivity index (χ4n) is 2.75. The Kier molecular flexibility index (Phi) is 5.51. The van der Waals surface area contributed by atoms with Gasteiger partial charge in [-0.1, -0.05) is 0 Å². The highest BCUT2D eigenvalue weighted by Crippen LogP contribution is 2.30. The molecule has 5 N–H and O–H groups in total. The molecule has 0 radical (unpaired) electrons. The highest BCUT2D eigenvalue weighted by atomic mass is 16.6. The summed E-state index contributed by atoms with van der Waals surface area (Å²) in [4.78, 5) is 26.4. The highest BCUT2D eigenvalue weighted by molar-refractivity contribution is 5.92. The van der Waals surface area contributed by atoms with Crippen molar-refractivity contribution in [2.75, 3.05) is 11.9 Å². The zero-order valence-electron chi connectivity index (χ0n) is 12.8. The number of amides is 1. The normalized spacial score (nSPS) is 20.5. The molecule has 1 aromatic rings. The average Bonchev–Trinajstić information content (AvgIpc) is 2.54. The zero-order valence-corrected chi connectivity index (χ0v) is 12.8. The maximum Gasteiger partial charge on any atom is 0.269 e. The minimum Gasteiger partial charge on any atom is -0.370 e. The molecule has 8 heteroatoms. The van der Waals surface area contributed by atoms with Gasteiger partial charge in [0.2, 0.25) is 5.91 Å². The molecule has 1 aliphatic carbocycles. The largest absolute Gasteiger partial charge is 0.370 e. The number of nitro benzene ring substituents is 1. The van der Waals surface area contributed by atoms with Gasteiger partial charge in [-0.3, -0.25) is 19.9 Å². The van der Waals surface area contributed by atoms with Gasteiger partial charge in [0.15, 0.2) is 5.96 Å². The van der Waals surface area contributed by atoms with E-state index in [-0.39, 0.29) is 23.5 Å². The standard InChI is InChI=1S/C15H21N5O3/c16-15(17)18-9-10-1-3-11(4-2-10)14(21)19-12-5-7-13(8-6-12)20(22)23/h5-8,10-11H,1-4,9H2,(H,19,21)(H4,16,17,18). The quantitative estimate of drug-likeness (QED) is 0.328. The van der Waals surface area contributed by atoms with Crippen LogP contribution in [0.2, 0.25) is 0 Å². The number of rotatable bonds is 5. The lowest BCUT2D eigenvalue weighted by Gasteiger charge is -2.26. The molecule has 0 heterocycles. The molecule has 0 atom stereocenters. The second kappa shape index (κ2) is 7.57. The number of benzene rings is 1. The molecule has 0 spiro atoms. The van der Waals surface area contributed by atoms with E-state index in [2.05, 4.69) is 10.3 Å². The number of nitrogens with one attached hydrogen (secondary N) is 1. The summed E-state index contributed by atoms with van der Waals surface area (Å²) in [5.74, 6) is 0.434. The number of nitrogens with two attached hydrogens (primary N) is 2. The fraction of sp³-hybridized carbons (Fsp3) is 0.467. The van der Waals surface area contributed by atoms with E-state index in [1.54, 1.807) is 12.1 Å². The maximum atomic E-state index is 12.2. The van der Waals surface area contributed by atoms with Gasteiger partial charge >= 0.3 is 0 Å². The van der Waals surface area contributed by atoms with Crippen LogP contribution < -0.4 is 16.8 Å². The van der Waals surface area contributed by atoms with Crippen molar-refractivity contribution in [1.29, 1.82) is 0 Å². The van der Waals surface area contributed by atoms with Gasteiger partial charge in [0, 0.05) is 30.3 Å². The molecule has 8 nitrogen and oxygen atoms in total. The summed E-state index contributed by atoms with van der Waals surface area (Å²) in [6.07, 6.45) is 3.41. The molecule has 23 heavy (non-hydrogen) atoms. The molecule has 1 aromatic carbocycles. The van der Waals surface area contributed by atoms with Gasteiger partial charge in [-0.15, -0.1) is 0 Å². The Morgan fingerprint density at radius 2 is 1.83 bits per heavy atom. The first kappa shape index (κ1) is 16.7. The first-order valence-electron chi connectivity index (χ1n) is 7.56. The summed E-state index contributed by atoms with van der Waals surface area (Å²) in [6.45, 7) is 0.610. The molecule has 1 aliphatic rings. The van der Waals surface area contributed by atoms with Gasteiger partial charge in [-0.05, 0) is 43.7 Å². The van der Waals surface area contributed by atoms with Crippen molar-refractivity contribution >= 4 is 23.2 Å². The summed E-state index contributed by atoms with van der Waals surface area (Å²) in [5.41, 5.74) is 11.2. The van der Waals surface area contributed by atoms with E-state index in [4.69, 9.17) is 11.5 Å². The molecule has 2 rings (SSSR count). The molecule has 1 fully saturated rings. The Morgan fingerprint density at radius 1 is 1.22 bits per heavy atom. The minimum atomic E-state index is -0.469. The molecule has 1 saturated carbocycles. The highest BCUT2D eigenvalue weighted by Gasteiger charge is 2.26. The number of carbonyl (C=O) groups excluding carboxylic acids is 1. The van der Waals surface area contributed by atoms with Gasteiger partial charge in [0.1, 0.15) is 0 Å². The van der Waals surface area contributed by atoms with Gasteiger partial charge in [0.25, 0.3) is 5.69 Å². The zero-order chi connectivity index (χ0) is 16.8. The van der Waals surface area contributed by atoms with Crippen LogP contribution in [0.25, 0.3) is 0 Å². The number of non-ortho nitro benzene ring substituents is 1. The van der Waals surface area contributed by atoms with E-state index in [0.717, 1.165) is 25.7 Å². The summed E-state index contributed by atoms with van der Waals surface area (Å²) in [6, 6.07) is 5.84. The number of carbonyl (C=O) groups is 1. The topological polar surface area (TPSA) is 137 Å². The van der Waals surface area contributed by atoms with Gasteiger partial charge in [-0.2, -0.15) is 0 Å². The summed E-state index contributed by atoms with van der Waals surface area (Å²) in [5, 5.41) is 13.4. The molecule has 0 aromatic heterocycles. The lowest BCUT2D eigenvalue weighted by atomic mass is 9.81. The summed E-state index contributed by atoms with van der Waals surface area (Å²) in [7, 11) is 0. The monoisotopic (exact) mass is 319 g/mol. The molecule has 124 valence electrons. The van der Waals surface area contributed by atoms with Crippen LogP contribution in [0, 0.1) is 22.0 Å². The molecule has 0 aliphatic heterocycles. The lowest BCUT2D eigenvalue weighted by Crippen LogP contribution is -2.29. The third kappa shape index (κ3) is 4.94. The third-order valence-corrected chi connectivity index (χ3v) is 4.10. The van der Waals surface area contributed by atoms with Crippen LogP contribution in [-0.4, -0.2) is 23.3 Å². The third-order valence-electron chi connectivity index (χ3n) is 4.10. The molecule has 0 saturated heterocycles. The lowest BCUT2D eigenvalue weighted by molar-refractivity contribution is -0.384. The van der Waals surface area contributed by atoms with Crippen molar-refractivity contribution in [1.82, 2.24) is 0 Å². The fourth-order valence-corrected chi connectivity index (χ4v) is 2.75. The number of anilines is 1. The first-order valence-corrected chi connectivity index (χ1v) is 7.56. The number of aliphatic imine (C=N–C) groups is 1. The summed E-state index contributed by atoms with van der Waals surface area (Å²) >= 11 is 0. The van der Waals surface area contributed by atoms with Gasteiger partial charge in [0.05, 0.1) is 4.92 Å². The molecular formula is C15H21N5O3. The Balaban J connectivity index is 1.83. The van der Waals surface area contributed by atoms with Crippen LogP contribution >= 0.6 is 0 Å². The number of hydrogen-bond acceptors (Lipinski definition) is 4. The van der Waals surface area contributed by atoms with Crippen molar-refractivity contribution in [2.45, 2.75) is 25.7 Å². The molecule has 1 amide bonds. The second-order valence-electron chi connectivity index (χ2n) is 5.78. The van der Waals surface area contributed by atoms with E-state index < -0.39 is 4.92 Å². The van der Waals surface area contributed by atoms with Gasteiger partial charge < -0.3 is 16.8 Å². The molecule has 0 unspecified atom stereocenters. The molecular weight excluding hydrogens is 298 g/mol. The smallest absolute Gasteiger partial charge is 0.269 e. The maximum absolute atomic E-state index is 12.2. The van der Waals surface area contributed by atoms with Crippen LogP contribution in [0.4, 0.5) is 11.4 Å². The van der Waals surface area contributed by atoms with Crippen molar-refractivity contribution in [2.24, 2.45) is 28.3 Å². The van der Waals surface area contributed by atoms with Crippen LogP contribution in [0.15, 0.2) is 29.3 Å². The number of guanidine groups is 1. The minimum absolute atomic E-state index is 0.00300. The van der Waals surface area contributed by atoms with E-state index in [0.29, 0.717) is 18.2 Å². The van der Waals surface area contributed by atoms with E-state index >= 15 is 0 Å². The SMILES string of the molecule is NC(N)=NCC1CCC(C(=O)Nc2ccc([N+](=O)[O-])cc2)CC1. The first-order chi connectivity index (χ1) is 11.0. The van der Waals surface area contributed by atoms with Crippen molar-refractivity contribution < 1.29 is 9.72 Å². The number of nitrogens with zero attached hydrogens (tertiary/aromatic N) is 2. The van der Waals surface area contributed by atoms with Crippen molar-refractivity contribution in [3.63, 3.8) is 0 Å². The molecule has 0 bridgehead atoms. The Bertz CT molecular complexity index is 588. The van der Waals surface area contributed by atoms with E-state index in [9.17, 15) is 14.9 Å². The Morgan fingerprint density at radius 3 is 2.35 bits per heavy atom. The van der Waals surface area contributed by atoms with Crippen LogP contribution in [0.5, 0.6) is 0 Å². The van der Waals surface area contributed by atoms with Crippen LogP contribution in [0.1, 0.15) is 25.7 Å². The predicted octanol–water partition coefficient (Wildman–Crippen LogP) is 1.61. The average molecular weight is 319 g/mol. The van der Waals surface area contributed by atoms with Crippen molar-refractivity contribution in [3.8, 4) is 0 Å². The van der Waals surface area contributed by atoms with Crippen LogP contribution in [-0.2, 0) is 4.79 Å². The van der Waals surface area contributed by atoms with Gasteiger partial charge in [-0.25, -0.2) is 0 Å². The van der Waals surface area contributed by atoms with Crippen LogP contribution in [0.3, 0.4) is 0 Å². The van der Waals surface area contributed by atoms with E-state index in [1.807, 2.05) is 0 Å². The van der Waals surface area contributed by atoms with Crippen molar-refractivity contribution in [3.05, 3.63) is 34.4 Å². The van der Waals surface area contributed by atoms with E-state index in [1.165, 1.54) is 12.1 Å².